The van der Waals surface area contributed by atoms with Crippen LogP contribution < -0.4 is 10.6 Å². The van der Waals surface area contributed by atoms with Crippen molar-refractivity contribution in [3.05, 3.63) is 22.2 Å². The van der Waals surface area contributed by atoms with Crippen molar-refractivity contribution in [2.75, 3.05) is 17.2 Å². The Kier molecular flexibility index (Phi) is 2.00. The molecule has 0 fully saturated rings. The first-order valence-electron chi connectivity index (χ1n) is 4.00. The van der Waals surface area contributed by atoms with Crippen molar-refractivity contribution in [3.63, 3.8) is 0 Å². The number of rotatable bonds is 0. The van der Waals surface area contributed by atoms with Crippen LogP contribution in [0.1, 0.15) is 5.56 Å². The summed E-state index contributed by atoms with van der Waals surface area (Å²) in [5.74, 6) is 0.00301. The van der Waals surface area contributed by atoms with E-state index in [-0.39, 0.29) is 5.91 Å². The van der Waals surface area contributed by atoms with Crippen LogP contribution in [-0.2, 0) is 4.79 Å². The van der Waals surface area contributed by atoms with Crippen molar-refractivity contribution in [3.8, 4) is 0 Å². The smallest absolute Gasteiger partial charge is 0.243 e. The average molecular weight is 241 g/mol. The van der Waals surface area contributed by atoms with Crippen LogP contribution in [0.5, 0.6) is 0 Å². The van der Waals surface area contributed by atoms with E-state index in [1.54, 1.807) is 0 Å². The first kappa shape index (κ1) is 8.56. The van der Waals surface area contributed by atoms with Gasteiger partial charge in [-0.1, -0.05) is 15.9 Å². The lowest BCUT2D eigenvalue weighted by Crippen LogP contribution is -2.27. The Morgan fingerprint density at radius 3 is 2.92 bits per heavy atom. The maximum atomic E-state index is 11.0. The molecule has 2 N–H and O–H groups in total. The molecule has 0 radical (unpaired) electrons. The Balaban J connectivity index is 2.49. The minimum absolute atomic E-state index is 0.00301. The number of amides is 1. The van der Waals surface area contributed by atoms with E-state index >= 15 is 0 Å². The van der Waals surface area contributed by atoms with Gasteiger partial charge in [0.1, 0.15) is 0 Å². The van der Waals surface area contributed by atoms with Crippen LogP contribution >= 0.6 is 15.9 Å². The number of nitrogens with one attached hydrogen (secondary N) is 2. The number of benzene rings is 1. The minimum Gasteiger partial charge on any atom is -0.374 e. The molecule has 4 heteroatoms. The molecule has 0 atom stereocenters. The van der Waals surface area contributed by atoms with Crippen molar-refractivity contribution >= 4 is 33.2 Å². The van der Waals surface area contributed by atoms with Crippen LogP contribution in [0.25, 0.3) is 0 Å². The van der Waals surface area contributed by atoms with Gasteiger partial charge < -0.3 is 10.6 Å². The van der Waals surface area contributed by atoms with Crippen LogP contribution in [0.3, 0.4) is 0 Å². The minimum atomic E-state index is 0.00301. The molecule has 1 aromatic rings. The van der Waals surface area contributed by atoms with Gasteiger partial charge in [-0.05, 0) is 24.6 Å². The van der Waals surface area contributed by atoms with Crippen molar-refractivity contribution in [1.82, 2.24) is 0 Å². The van der Waals surface area contributed by atoms with E-state index in [2.05, 4.69) is 26.6 Å². The van der Waals surface area contributed by atoms with Gasteiger partial charge in [-0.2, -0.15) is 0 Å². The first-order valence-corrected chi connectivity index (χ1v) is 4.80. The molecule has 1 heterocycles. The molecule has 3 nitrogen and oxygen atoms in total. The van der Waals surface area contributed by atoms with Gasteiger partial charge in [-0.25, -0.2) is 0 Å². The summed E-state index contributed by atoms with van der Waals surface area (Å²) >= 11 is 3.42. The van der Waals surface area contributed by atoms with Crippen LogP contribution in [-0.4, -0.2) is 12.5 Å². The number of aryl methyl sites for hydroxylation is 1. The van der Waals surface area contributed by atoms with Crippen LogP contribution in [0.4, 0.5) is 11.4 Å². The fourth-order valence-electron chi connectivity index (χ4n) is 1.30. The van der Waals surface area contributed by atoms with Gasteiger partial charge in [-0.15, -0.1) is 0 Å². The molecule has 0 aromatic heterocycles. The average Bonchev–Trinajstić information content (AvgIpc) is 2.08. The molecule has 0 bridgehead atoms. The van der Waals surface area contributed by atoms with Crippen molar-refractivity contribution in [1.29, 1.82) is 0 Å². The molecule has 0 unspecified atom stereocenters. The highest BCUT2D eigenvalue weighted by Crippen LogP contribution is 2.30. The third-order valence-corrected chi connectivity index (χ3v) is 2.87. The topological polar surface area (TPSA) is 41.1 Å². The molecule has 2 rings (SSSR count). The summed E-state index contributed by atoms with van der Waals surface area (Å²) < 4.78 is 1.01. The lowest BCUT2D eigenvalue weighted by molar-refractivity contribution is -0.114. The zero-order valence-corrected chi connectivity index (χ0v) is 8.73. The fraction of sp³-hybridized carbons (Fsp3) is 0.222. The quantitative estimate of drug-likeness (QED) is 0.730. The third kappa shape index (κ3) is 1.54. The highest BCUT2D eigenvalue weighted by Gasteiger charge is 2.14. The lowest BCUT2D eigenvalue weighted by Gasteiger charge is -2.19. The van der Waals surface area contributed by atoms with E-state index in [1.807, 2.05) is 19.1 Å². The molecule has 1 amide bonds. The number of carbonyl (C=O) groups excluding carboxylic acids is 1. The molecule has 1 aliphatic rings. The van der Waals surface area contributed by atoms with E-state index in [4.69, 9.17) is 0 Å². The molecule has 1 aliphatic heterocycles. The Morgan fingerprint density at radius 2 is 2.15 bits per heavy atom. The number of anilines is 2. The normalized spacial score (nSPS) is 14.5. The molecule has 13 heavy (non-hydrogen) atoms. The predicted octanol–water partition coefficient (Wildman–Crippen LogP) is 2.12. The molecular formula is C9H9BrN2O. The van der Waals surface area contributed by atoms with Gasteiger partial charge >= 0.3 is 0 Å². The van der Waals surface area contributed by atoms with E-state index in [0.29, 0.717) is 6.54 Å². The van der Waals surface area contributed by atoms with Crippen molar-refractivity contribution in [2.45, 2.75) is 6.92 Å². The summed E-state index contributed by atoms with van der Waals surface area (Å²) in [6.07, 6.45) is 0. The van der Waals surface area contributed by atoms with Crippen LogP contribution in [0, 0.1) is 6.92 Å². The first-order chi connectivity index (χ1) is 6.16. The number of carbonyl (C=O) groups is 1. The Bertz CT molecular complexity index is 376. The van der Waals surface area contributed by atoms with E-state index in [0.717, 1.165) is 21.4 Å². The summed E-state index contributed by atoms with van der Waals surface area (Å²) in [7, 11) is 0. The standard InChI is InChI=1S/C9H9BrN2O/c1-5-2-7-8(3-6(5)10)12-9(13)4-11-7/h2-3,11H,4H2,1H3,(H,12,13). The zero-order chi connectivity index (χ0) is 9.42. The fourth-order valence-corrected chi connectivity index (χ4v) is 1.64. The SMILES string of the molecule is Cc1cc2c(cc1Br)NC(=O)CN2. The highest BCUT2D eigenvalue weighted by atomic mass is 79.9. The Morgan fingerprint density at radius 1 is 1.38 bits per heavy atom. The van der Waals surface area contributed by atoms with Crippen molar-refractivity contribution < 1.29 is 4.79 Å². The van der Waals surface area contributed by atoms with E-state index in [1.165, 1.54) is 0 Å². The largest absolute Gasteiger partial charge is 0.374 e. The maximum Gasteiger partial charge on any atom is 0.243 e. The maximum absolute atomic E-state index is 11.0. The van der Waals surface area contributed by atoms with Crippen molar-refractivity contribution in [2.24, 2.45) is 0 Å². The van der Waals surface area contributed by atoms with Gasteiger partial charge in [0.2, 0.25) is 5.91 Å². The molecule has 1 aromatic carbocycles. The third-order valence-electron chi connectivity index (χ3n) is 2.01. The molecule has 0 spiro atoms. The second-order valence-corrected chi connectivity index (χ2v) is 3.90. The molecule has 0 saturated carbocycles. The Hall–Kier alpha value is -1.03. The molecule has 0 aliphatic carbocycles. The van der Waals surface area contributed by atoms with Crippen LogP contribution in [0.2, 0.25) is 0 Å². The van der Waals surface area contributed by atoms with Gasteiger partial charge in [-0.3, -0.25) is 4.79 Å². The van der Waals surface area contributed by atoms with Crippen LogP contribution in [0.15, 0.2) is 16.6 Å². The number of fused-ring (bicyclic) bond motifs is 1. The Labute approximate surface area is 84.6 Å². The molecule has 0 saturated heterocycles. The zero-order valence-electron chi connectivity index (χ0n) is 7.15. The number of halogens is 1. The highest BCUT2D eigenvalue weighted by molar-refractivity contribution is 9.10. The summed E-state index contributed by atoms with van der Waals surface area (Å²) in [6.45, 7) is 2.37. The number of hydrogen-bond donors (Lipinski definition) is 2. The number of hydrogen-bond acceptors (Lipinski definition) is 2. The van der Waals surface area contributed by atoms with E-state index < -0.39 is 0 Å². The van der Waals surface area contributed by atoms with Gasteiger partial charge in [0, 0.05) is 4.47 Å². The lowest BCUT2D eigenvalue weighted by atomic mass is 10.1. The molecule has 68 valence electrons. The molecular weight excluding hydrogens is 232 g/mol. The predicted molar refractivity (Wildman–Crippen MR) is 56.0 cm³/mol. The van der Waals surface area contributed by atoms with E-state index in [9.17, 15) is 4.79 Å². The summed E-state index contributed by atoms with van der Waals surface area (Å²) in [4.78, 5) is 11.0. The second kappa shape index (κ2) is 3.03. The van der Waals surface area contributed by atoms with Gasteiger partial charge in [0.15, 0.2) is 0 Å². The summed E-state index contributed by atoms with van der Waals surface area (Å²) in [6, 6.07) is 3.92. The summed E-state index contributed by atoms with van der Waals surface area (Å²) in [5, 5.41) is 5.84. The van der Waals surface area contributed by atoms with Gasteiger partial charge in [0.25, 0.3) is 0 Å². The monoisotopic (exact) mass is 240 g/mol. The summed E-state index contributed by atoms with van der Waals surface area (Å²) in [5.41, 5.74) is 2.98. The van der Waals surface area contributed by atoms with Gasteiger partial charge in [0.05, 0.1) is 17.9 Å². The second-order valence-electron chi connectivity index (χ2n) is 3.05.